The number of carbonyl (C=O) groups is 2. The number of rotatable bonds is 7. The van der Waals surface area contributed by atoms with Crippen LogP contribution in [0.15, 0.2) is 48.5 Å². The second-order valence-corrected chi connectivity index (χ2v) is 7.27. The number of nitrogens with zero attached hydrogens (tertiary/aromatic N) is 1. The topological polar surface area (TPSA) is 72.6 Å². The third kappa shape index (κ3) is 5.81. The Morgan fingerprint density at radius 3 is 2.30 bits per heavy atom. The number of anilines is 1. The van der Waals surface area contributed by atoms with Crippen LogP contribution < -0.4 is 15.4 Å². The molecule has 0 saturated carbocycles. The molecule has 0 saturated heterocycles. The Balaban J connectivity index is 2.16. The lowest BCUT2D eigenvalue weighted by Crippen LogP contribution is -2.37. The van der Waals surface area contributed by atoms with E-state index in [9.17, 15) is 14.0 Å². The summed E-state index contributed by atoms with van der Waals surface area (Å²) in [7, 11) is 0. The number of halogens is 1. The van der Waals surface area contributed by atoms with Crippen molar-refractivity contribution >= 4 is 17.5 Å². The zero-order chi connectivity index (χ0) is 20.0. The average molecular weight is 372 g/mol. The van der Waals surface area contributed by atoms with E-state index in [1.807, 2.05) is 24.3 Å². The normalized spacial score (nSPS) is 11.1. The smallest absolute Gasteiger partial charge is 0.264 e. The monoisotopic (exact) mass is 372 g/mol. The molecule has 27 heavy (non-hydrogen) atoms. The van der Waals surface area contributed by atoms with E-state index in [1.165, 1.54) is 29.2 Å². The number of amides is 2. The first-order chi connectivity index (χ1) is 12.7. The van der Waals surface area contributed by atoms with Crippen molar-refractivity contribution in [3.63, 3.8) is 0 Å². The zero-order valence-corrected chi connectivity index (χ0v) is 15.9. The van der Waals surface area contributed by atoms with Gasteiger partial charge in [-0.1, -0.05) is 39.0 Å². The Morgan fingerprint density at radius 1 is 1.07 bits per heavy atom. The Morgan fingerprint density at radius 2 is 1.70 bits per heavy atom. The van der Waals surface area contributed by atoms with Gasteiger partial charge in [-0.3, -0.25) is 9.59 Å². The molecule has 0 radical (unpaired) electrons. The standard InChI is InChI=1S/C21H25FN2O3/c1-21(2,3)17-6-4-5-7-18(17)27-14-20(26)24(13-12-19(23)25)16-10-8-15(22)9-11-16/h4-11H,12-14H2,1-3H3,(H2,23,25). The van der Waals surface area contributed by atoms with Crippen LogP contribution in [0.2, 0.25) is 0 Å². The van der Waals surface area contributed by atoms with Crippen molar-refractivity contribution < 1.29 is 18.7 Å². The molecule has 0 aliphatic carbocycles. The van der Waals surface area contributed by atoms with Gasteiger partial charge >= 0.3 is 0 Å². The lowest BCUT2D eigenvalue weighted by Gasteiger charge is -2.25. The van der Waals surface area contributed by atoms with E-state index in [2.05, 4.69) is 20.8 Å². The number of primary amides is 1. The summed E-state index contributed by atoms with van der Waals surface area (Å²) in [5.41, 5.74) is 6.54. The summed E-state index contributed by atoms with van der Waals surface area (Å²) in [5, 5.41) is 0. The molecule has 0 aliphatic heterocycles. The van der Waals surface area contributed by atoms with Gasteiger partial charge in [0.1, 0.15) is 11.6 Å². The molecule has 0 aromatic heterocycles. The molecule has 0 unspecified atom stereocenters. The van der Waals surface area contributed by atoms with Crippen molar-refractivity contribution in [3.8, 4) is 5.75 Å². The quantitative estimate of drug-likeness (QED) is 0.809. The van der Waals surface area contributed by atoms with E-state index in [0.29, 0.717) is 11.4 Å². The van der Waals surface area contributed by atoms with Gasteiger partial charge in [0.2, 0.25) is 5.91 Å². The molecular weight excluding hydrogens is 347 g/mol. The number of para-hydroxylation sites is 1. The molecular formula is C21H25FN2O3. The van der Waals surface area contributed by atoms with Crippen LogP contribution >= 0.6 is 0 Å². The Hall–Kier alpha value is -2.89. The molecule has 2 amide bonds. The summed E-state index contributed by atoms with van der Waals surface area (Å²) >= 11 is 0. The van der Waals surface area contributed by atoms with Crippen molar-refractivity contribution in [3.05, 3.63) is 59.9 Å². The molecule has 2 N–H and O–H groups in total. The van der Waals surface area contributed by atoms with Crippen LogP contribution in [-0.2, 0) is 15.0 Å². The van der Waals surface area contributed by atoms with E-state index in [4.69, 9.17) is 10.5 Å². The molecule has 0 spiro atoms. The van der Waals surface area contributed by atoms with E-state index >= 15 is 0 Å². The highest BCUT2D eigenvalue weighted by molar-refractivity contribution is 5.95. The maximum Gasteiger partial charge on any atom is 0.264 e. The summed E-state index contributed by atoms with van der Waals surface area (Å²) in [4.78, 5) is 25.2. The number of hydrogen-bond acceptors (Lipinski definition) is 3. The molecule has 5 nitrogen and oxygen atoms in total. The molecule has 0 heterocycles. The molecule has 2 rings (SSSR count). The molecule has 0 fully saturated rings. The largest absolute Gasteiger partial charge is 0.483 e. The third-order valence-corrected chi connectivity index (χ3v) is 4.07. The van der Waals surface area contributed by atoms with Crippen molar-refractivity contribution in [1.82, 2.24) is 0 Å². The lowest BCUT2D eigenvalue weighted by atomic mass is 9.86. The van der Waals surface area contributed by atoms with Gasteiger partial charge in [-0.15, -0.1) is 0 Å². The number of hydrogen-bond donors (Lipinski definition) is 1. The van der Waals surface area contributed by atoms with Crippen LogP contribution in [0.25, 0.3) is 0 Å². The van der Waals surface area contributed by atoms with E-state index in [1.54, 1.807) is 0 Å². The first-order valence-electron chi connectivity index (χ1n) is 8.75. The molecule has 0 atom stereocenters. The number of benzene rings is 2. The van der Waals surface area contributed by atoms with Crippen molar-refractivity contribution in [1.29, 1.82) is 0 Å². The third-order valence-electron chi connectivity index (χ3n) is 4.07. The minimum Gasteiger partial charge on any atom is -0.483 e. The Kier molecular flexibility index (Phi) is 6.55. The molecule has 6 heteroatoms. The first-order valence-corrected chi connectivity index (χ1v) is 8.75. The fourth-order valence-electron chi connectivity index (χ4n) is 2.67. The van der Waals surface area contributed by atoms with Gasteiger partial charge in [0, 0.05) is 18.7 Å². The van der Waals surface area contributed by atoms with Gasteiger partial charge in [0.15, 0.2) is 6.61 Å². The van der Waals surface area contributed by atoms with Crippen molar-refractivity contribution in [2.75, 3.05) is 18.1 Å². The van der Waals surface area contributed by atoms with Crippen LogP contribution in [0.5, 0.6) is 5.75 Å². The van der Waals surface area contributed by atoms with Crippen LogP contribution in [0.1, 0.15) is 32.8 Å². The van der Waals surface area contributed by atoms with Gasteiger partial charge in [0.25, 0.3) is 5.91 Å². The van der Waals surface area contributed by atoms with E-state index in [-0.39, 0.29) is 30.9 Å². The summed E-state index contributed by atoms with van der Waals surface area (Å²) in [6.07, 6.45) is 0.00168. The van der Waals surface area contributed by atoms with Crippen LogP contribution in [-0.4, -0.2) is 25.0 Å². The number of nitrogens with two attached hydrogens (primary N) is 1. The molecule has 144 valence electrons. The molecule has 0 bridgehead atoms. The molecule has 2 aromatic carbocycles. The lowest BCUT2D eigenvalue weighted by molar-refractivity contribution is -0.120. The highest BCUT2D eigenvalue weighted by atomic mass is 19.1. The van der Waals surface area contributed by atoms with Crippen LogP contribution in [0.4, 0.5) is 10.1 Å². The predicted molar refractivity (Wildman–Crippen MR) is 103 cm³/mol. The minimum atomic E-state index is -0.520. The van der Waals surface area contributed by atoms with Gasteiger partial charge in [-0.2, -0.15) is 0 Å². The van der Waals surface area contributed by atoms with Crippen LogP contribution in [0, 0.1) is 5.82 Å². The zero-order valence-electron chi connectivity index (χ0n) is 15.9. The fraction of sp³-hybridized carbons (Fsp3) is 0.333. The number of ether oxygens (including phenoxy) is 1. The highest BCUT2D eigenvalue weighted by Gasteiger charge is 2.21. The highest BCUT2D eigenvalue weighted by Crippen LogP contribution is 2.31. The van der Waals surface area contributed by atoms with Gasteiger partial charge < -0.3 is 15.4 Å². The summed E-state index contributed by atoms with van der Waals surface area (Å²) in [5.74, 6) is -0.635. The van der Waals surface area contributed by atoms with Gasteiger partial charge in [-0.05, 0) is 41.3 Å². The number of carbonyl (C=O) groups excluding carboxylic acids is 2. The maximum absolute atomic E-state index is 13.2. The SMILES string of the molecule is CC(C)(C)c1ccccc1OCC(=O)N(CCC(N)=O)c1ccc(F)cc1. The predicted octanol–water partition coefficient (Wildman–Crippen LogP) is 3.41. The first kappa shape index (κ1) is 20.4. The summed E-state index contributed by atoms with van der Waals surface area (Å²) < 4.78 is 19.0. The Labute approximate surface area is 158 Å². The second-order valence-electron chi connectivity index (χ2n) is 7.27. The van der Waals surface area contributed by atoms with Crippen LogP contribution in [0.3, 0.4) is 0 Å². The van der Waals surface area contributed by atoms with Gasteiger partial charge in [-0.25, -0.2) is 4.39 Å². The van der Waals surface area contributed by atoms with Gasteiger partial charge in [0.05, 0.1) is 0 Å². The Bertz CT molecular complexity index is 798. The van der Waals surface area contributed by atoms with E-state index in [0.717, 1.165) is 5.56 Å². The molecule has 0 aliphatic rings. The van der Waals surface area contributed by atoms with Crippen molar-refractivity contribution in [2.45, 2.75) is 32.6 Å². The minimum absolute atomic E-state index is 0.00168. The second kappa shape index (κ2) is 8.66. The summed E-state index contributed by atoms with van der Waals surface area (Å²) in [6, 6.07) is 13.0. The molecule has 2 aromatic rings. The fourth-order valence-corrected chi connectivity index (χ4v) is 2.67. The van der Waals surface area contributed by atoms with E-state index < -0.39 is 11.7 Å². The summed E-state index contributed by atoms with van der Waals surface area (Å²) in [6.45, 7) is 6.09. The maximum atomic E-state index is 13.2. The van der Waals surface area contributed by atoms with Crippen molar-refractivity contribution in [2.24, 2.45) is 5.73 Å². The average Bonchev–Trinajstić information content (AvgIpc) is 2.60.